The maximum Gasteiger partial charge on any atom is 0.235 e. The number of rotatable bonds is 4. The minimum atomic E-state index is -0.636. The van der Waals surface area contributed by atoms with E-state index in [-0.39, 0.29) is 12.5 Å². The van der Waals surface area contributed by atoms with Crippen LogP contribution in [0.4, 0.5) is 0 Å². The second kappa shape index (κ2) is 4.87. The number of hydrogen-bond acceptors (Lipinski definition) is 4. The van der Waals surface area contributed by atoms with Crippen molar-refractivity contribution in [3.63, 3.8) is 0 Å². The first kappa shape index (κ1) is 13.3. The highest BCUT2D eigenvalue weighted by Crippen LogP contribution is 2.29. The highest BCUT2D eigenvalue weighted by molar-refractivity contribution is 5.79. The minimum absolute atomic E-state index is 0.100. The summed E-state index contributed by atoms with van der Waals surface area (Å²) in [6.45, 7) is 3.33. The maximum absolute atomic E-state index is 11.9. The third kappa shape index (κ3) is 2.65. The van der Waals surface area contributed by atoms with E-state index < -0.39 is 11.1 Å². The lowest BCUT2D eigenvalue weighted by Gasteiger charge is -2.46. The summed E-state index contributed by atoms with van der Waals surface area (Å²) in [4.78, 5) is 13.8. The van der Waals surface area contributed by atoms with Crippen LogP contribution in [0.1, 0.15) is 39.0 Å². The van der Waals surface area contributed by atoms with Crippen LogP contribution < -0.4 is 5.32 Å². The molecule has 2 aliphatic rings. The fourth-order valence-corrected chi connectivity index (χ4v) is 2.87. The minimum Gasteiger partial charge on any atom is -0.387 e. The number of hydrogen-bond donors (Lipinski definition) is 2. The van der Waals surface area contributed by atoms with Crippen LogP contribution in [-0.2, 0) is 4.79 Å². The van der Waals surface area contributed by atoms with Gasteiger partial charge in [-0.25, -0.2) is 0 Å². The molecule has 100 valence electrons. The number of carbonyl (C=O) groups excluding carboxylic acids is 1. The average Bonchev–Trinajstić information content (AvgIpc) is 2.76. The molecule has 2 rings (SSSR count). The zero-order valence-electron chi connectivity index (χ0n) is 10.9. The normalized spacial score (nSPS) is 25.2. The number of β-amino-alcohol motifs (C(OH)–C–C–N with tert-alkyl or cyclic N) is 1. The molecular weight excluding hydrogens is 230 g/mol. The lowest BCUT2D eigenvalue weighted by molar-refractivity contribution is -0.134. The Balaban J connectivity index is 1.78. The van der Waals surface area contributed by atoms with Crippen LogP contribution in [0.2, 0.25) is 0 Å². The SMILES string of the molecule is CCC1(O)CN(CC(=O)NC2(C#N)CCCC2)C1. The lowest BCUT2D eigenvalue weighted by Crippen LogP contribution is -2.63. The summed E-state index contributed by atoms with van der Waals surface area (Å²) in [5.41, 5.74) is -1.25. The molecule has 1 heterocycles. The Labute approximate surface area is 108 Å². The molecule has 5 heteroatoms. The number of amides is 1. The first-order chi connectivity index (χ1) is 8.51. The smallest absolute Gasteiger partial charge is 0.235 e. The molecular formula is C13H21N3O2. The van der Waals surface area contributed by atoms with Crippen molar-refractivity contribution in [2.75, 3.05) is 19.6 Å². The number of aliphatic hydroxyl groups is 1. The first-order valence-corrected chi connectivity index (χ1v) is 6.68. The van der Waals surface area contributed by atoms with Gasteiger partial charge in [0.05, 0.1) is 18.2 Å². The van der Waals surface area contributed by atoms with Crippen molar-refractivity contribution < 1.29 is 9.90 Å². The highest BCUT2D eigenvalue weighted by Gasteiger charge is 2.41. The summed E-state index contributed by atoms with van der Waals surface area (Å²) in [6.07, 6.45) is 4.25. The number of nitrogens with zero attached hydrogens (tertiary/aromatic N) is 2. The molecule has 0 aromatic rings. The number of likely N-dealkylation sites (tertiary alicyclic amines) is 1. The van der Waals surface area contributed by atoms with E-state index in [4.69, 9.17) is 0 Å². The molecule has 2 fully saturated rings. The summed E-state index contributed by atoms with van der Waals surface area (Å²) in [5.74, 6) is -0.100. The second-order valence-corrected chi connectivity index (χ2v) is 5.67. The third-order valence-corrected chi connectivity index (χ3v) is 4.11. The molecule has 2 N–H and O–H groups in total. The van der Waals surface area contributed by atoms with Crippen molar-refractivity contribution >= 4 is 5.91 Å². The Morgan fingerprint density at radius 1 is 1.44 bits per heavy atom. The van der Waals surface area contributed by atoms with Gasteiger partial charge in [0.2, 0.25) is 5.91 Å². The molecule has 0 bridgehead atoms. The molecule has 1 saturated carbocycles. The molecule has 0 aromatic carbocycles. The molecule has 1 amide bonds. The van der Waals surface area contributed by atoms with E-state index in [0.717, 1.165) is 25.7 Å². The van der Waals surface area contributed by atoms with Crippen LogP contribution >= 0.6 is 0 Å². The standard InChI is InChI=1S/C13H21N3O2/c1-2-13(18)9-16(10-13)7-11(17)15-12(8-14)5-3-4-6-12/h18H,2-7,9-10H2,1H3,(H,15,17). The monoisotopic (exact) mass is 251 g/mol. The fraction of sp³-hybridized carbons (Fsp3) is 0.846. The average molecular weight is 251 g/mol. The summed E-state index contributed by atoms with van der Waals surface area (Å²) in [5, 5.41) is 21.9. The summed E-state index contributed by atoms with van der Waals surface area (Å²) in [6, 6.07) is 2.25. The van der Waals surface area contributed by atoms with Gasteiger partial charge in [-0.3, -0.25) is 9.69 Å². The maximum atomic E-state index is 11.9. The van der Waals surface area contributed by atoms with E-state index in [0.29, 0.717) is 19.5 Å². The van der Waals surface area contributed by atoms with Crippen LogP contribution in [0.15, 0.2) is 0 Å². The first-order valence-electron chi connectivity index (χ1n) is 6.68. The van der Waals surface area contributed by atoms with Crippen LogP contribution in [0.5, 0.6) is 0 Å². The third-order valence-electron chi connectivity index (χ3n) is 4.11. The Morgan fingerprint density at radius 2 is 2.06 bits per heavy atom. The van der Waals surface area contributed by atoms with Crippen molar-refractivity contribution in [1.29, 1.82) is 5.26 Å². The van der Waals surface area contributed by atoms with Crippen LogP contribution in [0.3, 0.4) is 0 Å². The summed E-state index contributed by atoms with van der Waals surface area (Å²) < 4.78 is 0. The quantitative estimate of drug-likeness (QED) is 0.758. The van der Waals surface area contributed by atoms with Crippen molar-refractivity contribution in [2.45, 2.75) is 50.2 Å². The highest BCUT2D eigenvalue weighted by atomic mass is 16.3. The van der Waals surface area contributed by atoms with E-state index in [2.05, 4.69) is 11.4 Å². The van der Waals surface area contributed by atoms with Crippen LogP contribution in [-0.4, -0.2) is 46.7 Å². The van der Waals surface area contributed by atoms with E-state index >= 15 is 0 Å². The molecule has 1 aliphatic heterocycles. The summed E-state index contributed by atoms with van der Waals surface area (Å²) >= 11 is 0. The Morgan fingerprint density at radius 3 is 2.56 bits per heavy atom. The van der Waals surface area contributed by atoms with Gasteiger partial charge in [0.15, 0.2) is 0 Å². The van der Waals surface area contributed by atoms with Crippen molar-refractivity contribution in [3.05, 3.63) is 0 Å². The molecule has 0 aromatic heterocycles. The Bertz CT molecular complexity index is 363. The Kier molecular flexibility index (Phi) is 3.60. The lowest BCUT2D eigenvalue weighted by atomic mass is 9.91. The van der Waals surface area contributed by atoms with Crippen LogP contribution in [0.25, 0.3) is 0 Å². The van der Waals surface area contributed by atoms with Crippen molar-refractivity contribution in [2.24, 2.45) is 0 Å². The topological polar surface area (TPSA) is 76.4 Å². The predicted molar refractivity (Wildman–Crippen MR) is 66.6 cm³/mol. The number of carbonyl (C=O) groups is 1. The van der Waals surface area contributed by atoms with Gasteiger partial charge in [-0.15, -0.1) is 0 Å². The summed E-state index contributed by atoms with van der Waals surface area (Å²) in [7, 11) is 0. The number of nitrogens with one attached hydrogen (secondary N) is 1. The molecule has 18 heavy (non-hydrogen) atoms. The van der Waals surface area contributed by atoms with Crippen LogP contribution in [0, 0.1) is 11.3 Å². The van der Waals surface area contributed by atoms with Gasteiger partial charge < -0.3 is 10.4 Å². The second-order valence-electron chi connectivity index (χ2n) is 5.67. The van der Waals surface area contributed by atoms with Gasteiger partial charge >= 0.3 is 0 Å². The number of nitriles is 1. The predicted octanol–water partition coefficient (Wildman–Crippen LogP) is 0.396. The van der Waals surface area contributed by atoms with Gasteiger partial charge in [0.25, 0.3) is 0 Å². The van der Waals surface area contributed by atoms with Gasteiger partial charge in [0.1, 0.15) is 5.54 Å². The van der Waals surface area contributed by atoms with E-state index in [1.165, 1.54) is 0 Å². The van der Waals surface area contributed by atoms with E-state index in [1.54, 1.807) is 0 Å². The zero-order chi connectivity index (χ0) is 13.2. The fourth-order valence-electron chi connectivity index (χ4n) is 2.87. The van der Waals surface area contributed by atoms with E-state index in [1.807, 2.05) is 11.8 Å². The molecule has 0 atom stereocenters. The zero-order valence-corrected chi connectivity index (χ0v) is 10.9. The van der Waals surface area contributed by atoms with Gasteiger partial charge in [-0.1, -0.05) is 6.92 Å². The van der Waals surface area contributed by atoms with E-state index in [9.17, 15) is 15.2 Å². The molecule has 1 aliphatic carbocycles. The Hall–Kier alpha value is -1.12. The largest absolute Gasteiger partial charge is 0.387 e. The molecule has 0 spiro atoms. The van der Waals surface area contributed by atoms with Gasteiger partial charge in [-0.2, -0.15) is 5.26 Å². The molecule has 1 saturated heterocycles. The van der Waals surface area contributed by atoms with Gasteiger partial charge in [-0.05, 0) is 32.1 Å². The molecule has 0 radical (unpaired) electrons. The molecule has 5 nitrogen and oxygen atoms in total. The van der Waals surface area contributed by atoms with Crippen molar-refractivity contribution in [3.8, 4) is 6.07 Å². The van der Waals surface area contributed by atoms with Crippen molar-refractivity contribution in [1.82, 2.24) is 10.2 Å². The van der Waals surface area contributed by atoms with Gasteiger partial charge in [0, 0.05) is 13.1 Å². The molecule has 0 unspecified atom stereocenters.